The van der Waals surface area contributed by atoms with Gasteiger partial charge in [0.15, 0.2) is 11.5 Å². The van der Waals surface area contributed by atoms with Gasteiger partial charge in [0, 0.05) is 31.2 Å². The molecule has 1 amide bonds. The van der Waals surface area contributed by atoms with Crippen LogP contribution in [0, 0.1) is 0 Å². The average molecular weight is 467 g/mol. The van der Waals surface area contributed by atoms with Gasteiger partial charge in [-0.15, -0.1) is 11.3 Å². The van der Waals surface area contributed by atoms with Crippen LogP contribution in [0.1, 0.15) is 40.1 Å². The molecule has 2 aliphatic rings. The van der Waals surface area contributed by atoms with E-state index in [0.717, 1.165) is 36.1 Å². The number of carbonyl (C=O) groups is 1. The maximum absolute atomic E-state index is 13.1. The van der Waals surface area contributed by atoms with Crippen molar-refractivity contribution >= 4 is 32.3 Å². The molecule has 0 saturated heterocycles. The monoisotopic (exact) mass is 466 g/mol. The second-order valence-corrected chi connectivity index (χ2v) is 10.2. The topological polar surface area (TPSA) is 103 Å². The predicted octanol–water partition coefficient (Wildman–Crippen LogP) is 2.97. The molecule has 0 saturated carbocycles. The quantitative estimate of drug-likeness (QED) is 0.580. The SMILES string of the molecule is COCCCNC(=O)c1c(NS(=O)(=O)c2ccc3c(c2)OCCO3)sc2c1CCCC2. The largest absolute Gasteiger partial charge is 0.486 e. The molecule has 0 atom stereocenters. The smallest absolute Gasteiger partial charge is 0.262 e. The van der Waals surface area contributed by atoms with Gasteiger partial charge in [0.1, 0.15) is 18.2 Å². The summed E-state index contributed by atoms with van der Waals surface area (Å²) >= 11 is 1.35. The second kappa shape index (κ2) is 9.46. The van der Waals surface area contributed by atoms with E-state index in [2.05, 4.69) is 10.0 Å². The van der Waals surface area contributed by atoms with E-state index in [9.17, 15) is 13.2 Å². The Morgan fingerprint density at radius 1 is 1.16 bits per heavy atom. The summed E-state index contributed by atoms with van der Waals surface area (Å²) in [6.07, 6.45) is 4.35. The average Bonchev–Trinajstić information content (AvgIpc) is 3.13. The van der Waals surface area contributed by atoms with E-state index in [1.165, 1.54) is 23.5 Å². The lowest BCUT2D eigenvalue weighted by Crippen LogP contribution is -2.27. The zero-order valence-corrected chi connectivity index (χ0v) is 19.0. The van der Waals surface area contributed by atoms with Gasteiger partial charge in [-0.3, -0.25) is 9.52 Å². The van der Waals surface area contributed by atoms with E-state index in [-0.39, 0.29) is 10.8 Å². The summed E-state index contributed by atoms with van der Waals surface area (Å²) in [7, 11) is -2.29. The van der Waals surface area contributed by atoms with Gasteiger partial charge < -0.3 is 19.5 Å². The van der Waals surface area contributed by atoms with Gasteiger partial charge >= 0.3 is 0 Å². The number of hydrogen-bond donors (Lipinski definition) is 2. The highest BCUT2D eigenvalue weighted by atomic mass is 32.2. The summed E-state index contributed by atoms with van der Waals surface area (Å²) in [4.78, 5) is 14.1. The lowest BCUT2D eigenvalue weighted by atomic mass is 9.95. The van der Waals surface area contributed by atoms with Crippen LogP contribution < -0.4 is 19.5 Å². The summed E-state index contributed by atoms with van der Waals surface area (Å²) in [5, 5.41) is 3.26. The van der Waals surface area contributed by atoms with Crippen LogP contribution in [0.15, 0.2) is 23.1 Å². The van der Waals surface area contributed by atoms with Crippen molar-refractivity contribution in [2.24, 2.45) is 0 Å². The van der Waals surface area contributed by atoms with Crippen molar-refractivity contribution in [3.05, 3.63) is 34.2 Å². The highest BCUT2D eigenvalue weighted by Gasteiger charge is 2.28. The van der Waals surface area contributed by atoms with Crippen LogP contribution in [0.2, 0.25) is 0 Å². The fourth-order valence-electron chi connectivity index (χ4n) is 3.76. The minimum absolute atomic E-state index is 0.0644. The Balaban J connectivity index is 1.61. The Kier molecular flexibility index (Phi) is 6.68. The predicted molar refractivity (Wildman–Crippen MR) is 118 cm³/mol. The summed E-state index contributed by atoms with van der Waals surface area (Å²) in [5.41, 5.74) is 1.40. The van der Waals surface area contributed by atoms with Crippen molar-refractivity contribution < 1.29 is 27.4 Å². The molecule has 0 radical (unpaired) electrons. The third kappa shape index (κ3) is 4.81. The number of thiophene rings is 1. The Hall–Kier alpha value is -2.30. The first kappa shape index (κ1) is 21.9. The molecule has 31 heavy (non-hydrogen) atoms. The first-order valence-electron chi connectivity index (χ1n) is 10.3. The highest BCUT2D eigenvalue weighted by molar-refractivity contribution is 7.93. The molecule has 0 spiro atoms. The van der Waals surface area contributed by atoms with Crippen LogP contribution in [0.25, 0.3) is 0 Å². The highest BCUT2D eigenvalue weighted by Crippen LogP contribution is 2.40. The number of methoxy groups -OCH3 is 1. The van der Waals surface area contributed by atoms with Gasteiger partial charge in [-0.1, -0.05) is 0 Å². The molecule has 168 valence electrons. The molecule has 1 aliphatic carbocycles. The van der Waals surface area contributed by atoms with E-state index in [1.807, 2.05) is 0 Å². The number of anilines is 1. The Morgan fingerprint density at radius 2 is 1.94 bits per heavy atom. The van der Waals surface area contributed by atoms with Gasteiger partial charge in [-0.25, -0.2) is 8.42 Å². The number of ether oxygens (including phenoxy) is 3. The Labute approximate surface area is 185 Å². The molecule has 0 bridgehead atoms. The lowest BCUT2D eigenvalue weighted by molar-refractivity contribution is 0.0948. The van der Waals surface area contributed by atoms with Crippen LogP contribution >= 0.6 is 11.3 Å². The number of nitrogens with one attached hydrogen (secondary N) is 2. The second-order valence-electron chi connectivity index (χ2n) is 7.43. The number of sulfonamides is 1. The van der Waals surface area contributed by atoms with E-state index in [0.29, 0.717) is 54.8 Å². The third-order valence-electron chi connectivity index (χ3n) is 5.26. The van der Waals surface area contributed by atoms with Crippen LogP contribution in [0.3, 0.4) is 0 Å². The summed E-state index contributed by atoms with van der Waals surface area (Å²) in [6.45, 7) is 1.81. The lowest BCUT2D eigenvalue weighted by Gasteiger charge is -2.19. The standard InChI is InChI=1S/C21H26N2O6S2/c1-27-10-4-9-22-20(24)19-15-5-2-3-6-18(15)30-21(19)23-31(25,26)14-7-8-16-17(13-14)29-12-11-28-16/h7-8,13,23H,2-6,9-12H2,1H3,(H,22,24). The number of amides is 1. The number of hydrogen-bond acceptors (Lipinski definition) is 7. The van der Waals surface area contributed by atoms with Gasteiger partial charge in [0.2, 0.25) is 0 Å². The maximum Gasteiger partial charge on any atom is 0.262 e. The summed E-state index contributed by atoms with van der Waals surface area (Å²) < 4.78 is 44.9. The van der Waals surface area contributed by atoms with Crippen LogP contribution in [-0.2, 0) is 27.6 Å². The van der Waals surface area contributed by atoms with Crippen molar-refractivity contribution in [1.82, 2.24) is 5.32 Å². The van der Waals surface area contributed by atoms with Crippen molar-refractivity contribution in [3.63, 3.8) is 0 Å². The summed E-state index contributed by atoms with van der Waals surface area (Å²) in [5.74, 6) is 0.666. The van der Waals surface area contributed by atoms with Crippen molar-refractivity contribution in [2.45, 2.75) is 37.0 Å². The number of fused-ring (bicyclic) bond motifs is 2. The van der Waals surface area contributed by atoms with Crippen molar-refractivity contribution in [1.29, 1.82) is 0 Å². The molecule has 4 rings (SSSR count). The van der Waals surface area contributed by atoms with Crippen LogP contribution in [0.5, 0.6) is 11.5 Å². The molecule has 8 nitrogen and oxygen atoms in total. The maximum atomic E-state index is 13.1. The molecule has 0 unspecified atom stereocenters. The van der Waals surface area contributed by atoms with Crippen LogP contribution in [-0.4, -0.2) is 47.8 Å². The van der Waals surface area contributed by atoms with Gasteiger partial charge in [-0.2, -0.15) is 0 Å². The minimum atomic E-state index is -3.91. The molecule has 1 aliphatic heterocycles. The molecule has 2 heterocycles. The molecule has 10 heteroatoms. The Bertz CT molecular complexity index is 1060. The summed E-state index contributed by atoms with van der Waals surface area (Å²) in [6, 6.07) is 4.52. The zero-order valence-electron chi connectivity index (χ0n) is 17.4. The number of carbonyl (C=O) groups excluding carboxylic acids is 1. The third-order valence-corrected chi connectivity index (χ3v) is 7.94. The van der Waals surface area contributed by atoms with Gasteiger partial charge in [0.05, 0.1) is 10.5 Å². The first-order valence-corrected chi connectivity index (χ1v) is 12.6. The number of aryl methyl sites for hydroxylation is 1. The number of benzene rings is 1. The van der Waals surface area contributed by atoms with Crippen molar-refractivity contribution in [2.75, 3.05) is 38.2 Å². The van der Waals surface area contributed by atoms with Crippen molar-refractivity contribution in [3.8, 4) is 11.5 Å². The molecule has 1 aromatic heterocycles. The van der Waals surface area contributed by atoms with E-state index in [1.54, 1.807) is 13.2 Å². The normalized spacial score (nSPS) is 15.3. The van der Waals surface area contributed by atoms with Gasteiger partial charge in [0.25, 0.3) is 15.9 Å². The van der Waals surface area contributed by atoms with E-state index < -0.39 is 10.0 Å². The van der Waals surface area contributed by atoms with E-state index in [4.69, 9.17) is 14.2 Å². The fraction of sp³-hybridized carbons (Fsp3) is 0.476. The molecule has 1 aromatic carbocycles. The molecule has 2 aromatic rings. The minimum Gasteiger partial charge on any atom is -0.486 e. The molecule has 0 fully saturated rings. The molecular weight excluding hydrogens is 440 g/mol. The first-order chi connectivity index (χ1) is 15.0. The van der Waals surface area contributed by atoms with E-state index >= 15 is 0 Å². The van der Waals surface area contributed by atoms with Crippen LogP contribution in [0.4, 0.5) is 5.00 Å². The molecular formula is C21H26N2O6S2. The molecule has 2 N–H and O–H groups in total. The fourth-order valence-corrected chi connectivity index (χ4v) is 6.36. The Morgan fingerprint density at radius 3 is 2.74 bits per heavy atom. The zero-order chi connectivity index (χ0) is 21.8. The van der Waals surface area contributed by atoms with Gasteiger partial charge in [-0.05, 0) is 49.8 Å². The number of rotatable bonds is 8.